The number of rotatable bonds is 5. The van der Waals surface area contributed by atoms with Crippen molar-refractivity contribution in [3.8, 4) is 5.75 Å². The molecule has 0 aliphatic heterocycles. The van der Waals surface area contributed by atoms with E-state index in [1.165, 1.54) is 0 Å². The van der Waals surface area contributed by atoms with Crippen molar-refractivity contribution in [3.05, 3.63) is 28.8 Å². The van der Waals surface area contributed by atoms with Crippen molar-refractivity contribution in [1.82, 2.24) is 5.32 Å². The van der Waals surface area contributed by atoms with Crippen molar-refractivity contribution in [1.29, 1.82) is 0 Å². The molecule has 1 aromatic carbocycles. The summed E-state index contributed by atoms with van der Waals surface area (Å²) in [5.74, 6) is 0.908. The van der Waals surface area contributed by atoms with Gasteiger partial charge in [-0.25, -0.2) is 0 Å². The number of hydrogen-bond acceptors (Lipinski definition) is 2. The normalized spacial score (nSPS) is 11.6. The highest BCUT2D eigenvalue weighted by atomic mass is 35.5. The third kappa shape index (κ3) is 3.13. The third-order valence-corrected chi connectivity index (χ3v) is 3.13. The second kappa shape index (κ2) is 5.55. The van der Waals surface area contributed by atoms with Crippen molar-refractivity contribution in [3.63, 3.8) is 0 Å². The van der Waals surface area contributed by atoms with Gasteiger partial charge in [0.2, 0.25) is 0 Å². The Labute approximate surface area is 103 Å². The second-order valence-electron chi connectivity index (χ2n) is 4.58. The molecule has 2 nitrogen and oxygen atoms in total. The van der Waals surface area contributed by atoms with E-state index in [0.717, 1.165) is 29.3 Å². The van der Waals surface area contributed by atoms with Gasteiger partial charge in [-0.15, -0.1) is 0 Å². The van der Waals surface area contributed by atoms with Crippen LogP contribution < -0.4 is 10.1 Å². The van der Waals surface area contributed by atoms with Crippen LogP contribution in [0.3, 0.4) is 0 Å². The fourth-order valence-electron chi connectivity index (χ4n) is 1.78. The molecule has 3 heteroatoms. The van der Waals surface area contributed by atoms with E-state index in [9.17, 15) is 0 Å². The molecule has 0 aliphatic carbocycles. The largest absolute Gasteiger partial charge is 0.496 e. The van der Waals surface area contributed by atoms with Gasteiger partial charge in [-0.3, -0.25) is 0 Å². The van der Waals surface area contributed by atoms with Gasteiger partial charge >= 0.3 is 0 Å². The summed E-state index contributed by atoms with van der Waals surface area (Å²) >= 11 is 6.04. The van der Waals surface area contributed by atoms with Crippen LogP contribution in [0.4, 0.5) is 0 Å². The van der Waals surface area contributed by atoms with E-state index in [2.05, 4.69) is 19.2 Å². The maximum atomic E-state index is 6.04. The molecule has 0 spiro atoms. The first-order valence-corrected chi connectivity index (χ1v) is 5.87. The van der Waals surface area contributed by atoms with Crippen LogP contribution in [0.15, 0.2) is 18.2 Å². The average Bonchev–Trinajstić information content (AvgIpc) is 2.26. The number of hydrogen-bond donors (Lipinski definition) is 1. The van der Waals surface area contributed by atoms with E-state index in [0.29, 0.717) is 0 Å². The summed E-state index contributed by atoms with van der Waals surface area (Å²) in [4.78, 5) is 0. The summed E-state index contributed by atoms with van der Waals surface area (Å²) in [6.07, 6.45) is 1.04. The maximum absolute atomic E-state index is 6.04. The smallest absolute Gasteiger partial charge is 0.122 e. The Morgan fingerprint density at radius 2 is 2.06 bits per heavy atom. The highest BCUT2D eigenvalue weighted by Gasteiger charge is 2.24. The number of halogens is 1. The van der Waals surface area contributed by atoms with Gasteiger partial charge in [0.05, 0.1) is 7.11 Å². The van der Waals surface area contributed by atoms with Crippen molar-refractivity contribution in [2.24, 2.45) is 0 Å². The van der Waals surface area contributed by atoms with E-state index >= 15 is 0 Å². The summed E-state index contributed by atoms with van der Waals surface area (Å²) in [6.45, 7) is 5.39. The van der Waals surface area contributed by atoms with Crippen molar-refractivity contribution in [2.75, 3.05) is 20.7 Å². The Balaban J connectivity index is 3.04. The van der Waals surface area contributed by atoms with Crippen LogP contribution in [-0.2, 0) is 5.41 Å². The fourth-order valence-corrected chi connectivity index (χ4v) is 1.95. The summed E-state index contributed by atoms with van der Waals surface area (Å²) in [5.41, 5.74) is 1.22. The quantitative estimate of drug-likeness (QED) is 0.855. The van der Waals surface area contributed by atoms with Crippen molar-refractivity contribution < 1.29 is 4.74 Å². The molecule has 1 rings (SSSR count). The molecule has 0 aliphatic rings. The molecule has 1 aromatic rings. The lowest BCUT2D eigenvalue weighted by molar-refractivity contribution is 0.384. The number of methoxy groups -OCH3 is 1. The van der Waals surface area contributed by atoms with Crippen LogP contribution in [0.2, 0.25) is 5.02 Å². The maximum Gasteiger partial charge on any atom is 0.122 e. The van der Waals surface area contributed by atoms with Crippen LogP contribution in [-0.4, -0.2) is 20.7 Å². The van der Waals surface area contributed by atoms with Crippen molar-refractivity contribution in [2.45, 2.75) is 25.7 Å². The van der Waals surface area contributed by atoms with Gasteiger partial charge in [0, 0.05) is 10.6 Å². The zero-order valence-electron chi connectivity index (χ0n) is 10.4. The minimum absolute atomic E-state index is 0.0548. The van der Waals surface area contributed by atoms with Crippen LogP contribution in [0.25, 0.3) is 0 Å². The Morgan fingerprint density at radius 1 is 1.38 bits per heavy atom. The van der Waals surface area contributed by atoms with Crippen LogP contribution >= 0.6 is 11.6 Å². The zero-order valence-corrected chi connectivity index (χ0v) is 11.2. The summed E-state index contributed by atoms with van der Waals surface area (Å²) in [6, 6.07) is 5.78. The van der Waals surface area contributed by atoms with Gasteiger partial charge in [-0.05, 0) is 43.6 Å². The van der Waals surface area contributed by atoms with Gasteiger partial charge in [0.25, 0.3) is 0 Å². The monoisotopic (exact) mass is 241 g/mol. The zero-order chi connectivity index (χ0) is 12.2. The molecule has 0 unspecified atom stereocenters. The molecule has 0 aromatic heterocycles. The Hall–Kier alpha value is -0.730. The van der Waals surface area contributed by atoms with Crippen LogP contribution in [0.5, 0.6) is 5.75 Å². The summed E-state index contributed by atoms with van der Waals surface area (Å²) in [7, 11) is 3.66. The molecule has 0 saturated heterocycles. The SMILES string of the molecule is CNCCC(C)(C)c1cc(Cl)ccc1OC. The second-order valence-corrected chi connectivity index (χ2v) is 5.02. The van der Waals surface area contributed by atoms with E-state index < -0.39 is 0 Å². The summed E-state index contributed by atoms with van der Waals surface area (Å²) in [5, 5.41) is 3.93. The number of ether oxygens (including phenoxy) is 1. The van der Waals surface area contributed by atoms with Crippen LogP contribution in [0.1, 0.15) is 25.8 Å². The fraction of sp³-hybridized carbons (Fsp3) is 0.538. The van der Waals surface area contributed by atoms with E-state index in [4.69, 9.17) is 16.3 Å². The Kier molecular flexibility index (Phi) is 4.63. The Bertz CT molecular complexity index is 350. The first kappa shape index (κ1) is 13.3. The molecular formula is C13H20ClNO. The third-order valence-electron chi connectivity index (χ3n) is 2.89. The minimum Gasteiger partial charge on any atom is -0.496 e. The number of benzene rings is 1. The van der Waals surface area contributed by atoms with Gasteiger partial charge in [-0.1, -0.05) is 25.4 Å². The van der Waals surface area contributed by atoms with Crippen LogP contribution in [0, 0.1) is 0 Å². The van der Waals surface area contributed by atoms with Gasteiger partial charge in [0.1, 0.15) is 5.75 Å². The molecule has 0 fully saturated rings. The standard InChI is InChI=1S/C13H20ClNO/c1-13(2,7-8-15-3)11-9-10(14)5-6-12(11)16-4/h5-6,9,15H,7-8H2,1-4H3. The molecule has 1 N–H and O–H groups in total. The topological polar surface area (TPSA) is 21.3 Å². The van der Waals surface area contributed by atoms with E-state index in [1.54, 1.807) is 7.11 Å². The molecular weight excluding hydrogens is 222 g/mol. The minimum atomic E-state index is 0.0548. The number of nitrogens with one attached hydrogen (secondary N) is 1. The molecule has 0 amide bonds. The highest BCUT2D eigenvalue weighted by molar-refractivity contribution is 6.30. The predicted molar refractivity (Wildman–Crippen MR) is 69.6 cm³/mol. The molecule has 0 radical (unpaired) electrons. The molecule has 0 atom stereocenters. The predicted octanol–water partition coefficient (Wildman–Crippen LogP) is 3.24. The lowest BCUT2D eigenvalue weighted by atomic mass is 9.81. The highest BCUT2D eigenvalue weighted by Crippen LogP contribution is 2.35. The summed E-state index contributed by atoms with van der Waals surface area (Å²) < 4.78 is 5.39. The lowest BCUT2D eigenvalue weighted by Crippen LogP contribution is -2.24. The molecule has 0 heterocycles. The van der Waals surface area contributed by atoms with Crippen molar-refractivity contribution >= 4 is 11.6 Å². The Morgan fingerprint density at radius 3 is 2.62 bits per heavy atom. The molecule has 90 valence electrons. The first-order valence-electron chi connectivity index (χ1n) is 5.50. The molecule has 0 bridgehead atoms. The van der Waals surface area contributed by atoms with Gasteiger partial charge < -0.3 is 10.1 Å². The first-order chi connectivity index (χ1) is 7.51. The van der Waals surface area contributed by atoms with Gasteiger partial charge in [-0.2, -0.15) is 0 Å². The molecule has 0 saturated carbocycles. The van der Waals surface area contributed by atoms with Gasteiger partial charge in [0.15, 0.2) is 0 Å². The molecule has 16 heavy (non-hydrogen) atoms. The van der Waals surface area contributed by atoms with E-state index in [1.807, 2.05) is 25.2 Å². The average molecular weight is 242 g/mol. The lowest BCUT2D eigenvalue weighted by Gasteiger charge is -2.27. The van der Waals surface area contributed by atoms with E-state index in [-0.39, 0.29) is 5.41 Å².